The highest BCUT2D eigenvalue weighted by Gasteiger charge is 2.09. The van der Waals surface area contributed by atoms with Gasteiger partial charge in [0.05, 0.1) is 12.3 Å². The predicted octanol–water partition coefficient (Wildman–Crippen LogP) is 5.35. The van der Waals surface area contributed by atoms with E-state index in [-0.39, 0.29) is 11.8 Å². The van der Waals surface area contributed by atoms with Gasteiger partial charge < -0.3 is 9.73 Å². The number of halogens is 3. The van der Waals surface area contributed by atoms with Crippen molar-refractivity contribution in [2.45, 2.75) is 31.0 Å². The number of benzene rings is 1. The van der Waals surface area contributed by atoms with Crippen LogP contribution in [0.5, 0.6) is 0 Å². The zero-order chi connectivity index (χ0) is 15.2. The van der Waals surface area contributed by atoms with E-state index in [2.05, 4.69) is 40.3 Å². The summed E-state index contributed by atoms with van der Waals surface area (Å²) in [7, 11) is 0. The molecule has 0 saturated carbocycles. The van der Waals surface area contributed by atoms with Crippen LogP contribution >= 0.6 is 27.7 Å². The highest BCUT2D eigenvalue weighted by molar-refractivity contribution is 9.10. The van der Waals surface area contributed by atoms with Crippen molar-refractivity contribution in [1.82, 2.24) is 5.32 Å². The van der Waals surface area contributed by atoms with Gasteiger partial charge in [0.1, 0.15) is 11.5 Å². The molecule has 0 aliphatic carbocycles. The van der Waals surface area contributed by atoms with E-state index in [4.69, 9.17) is 4.42 Å². The van der Waals surface area contributed by atoms with E-state index < -0.39 is 5.76 Å². The number of hydrogen-bond donors (Lipinski definition) is 1. The van der Waals surface area contributed by atoms with Gasteiger partial charge in [0.15, 0.2) is 0 Å². The molecule has 0 amide bonds. The fraction of sp³-hybridized carbons (Fsp3) is 0.333. The Bertz CT molecular complexity index is 576. The first-order valence-electron chi connectivity index (χ1n) is 6.51. The van der Waals surface area contributed by atoms with E-state index in [9.17, 15) is 8.78 Å². The van der Waals surface area contributed by atoms with E-state index in [0.717, 1.165) is 10.2 Å². The zero-order valence-electron chi connectivity index (χ0n) is 11.5. The van der Waals surface area contributed by atoms with Crippen LogP contribution in [0.25, 0.3) is 0 Å². The van der Waals surface area contributed by atoms with Crippen molar-refractivity contribution in [3.63, 3.8) is 0 Å². The summed E-state index contributed by atoms with van der Waals surface area (Å²) in [5, 5.41) is 3.35. The van der Waals surface area contributed by atoms with Gasteiger partial charge in [-0.3, -0.25) is 0 Å². The van der Waals surface area contributed by atoms with Crippen LogP contribution in [-0.2, 0) is 12.3 Å². The SMILES string of the molecule is C[C@H](NCc1ccc(CSC(F)F)o1)c1cccc(Br)c1. The number of alkyl halides is 2. The molecular formula is C15H16BrF2NOS. The molecule has 2 rings (SSSR count). The van der Waals surface area contributed by atoms with Crippen LogP contribution in [0.4, 0.5) is 8.78 Å². The van der Waals surface area contributed by atoms with Crippen molar-refractivity contribution in [1.29, 1.82) is 0 Å². The summed E-state index contributed by atoms with van der Waals surface area (Å²) in [6, 6.07) is 11.8. The molecule has 1 N–H and O–H groups in total. The highest BCUT2D eigenvalue weighted by atomic mass is 79.9. The topological polar surface area (TPSA) is 25.2 Å². The maximum Gasteiger partial charge on any atom is 0.284 e. The molecule has 0 aliphatic heterocycles. The second-order valence-electron chi connectivity index (χ2n) is 4.60. The summed E-state index contributed by atoms with van der Waals surface area (Å²) in [4.78, 5) is 0. The minimum Gasteiger partial charge on any atom is -0.464 e. The Balaban J connectivity index is 1.85. The van der Waals surface area contributed by atoms with Gasteiger partial charge in [-0.25, -0.2) is 0 Å². The van der Waals surface area contributed by atoms with E-state index in [0.29, 0.717) is 24.1 Å². The first-order chi connectivity index (χ1) is 10.0. The smallest absolute Gasteiger partial charge is 0.284 e. The first-order valence-corrected chi connectivity index (χ1v) is 8.35. The van der Waals surface area contributed by atoms with Crippen molar-refractivity contribution in [2.24, 2.45) is 0 Å². The molecule has 114 valence electrons. The van der Waals surface area contributed by atoms with E-state index in [1.165, 1.54) is 5.56 Å². The third kappa shape index (κ3) is 5.45. The minimum atomic E-state index is -2.37. The normalized spacial score (nSPS) is 12.8. The summed E-state index contributed by atoms with van der Waals surface area (Å²) in [6.07, 6.45) is 0. The molecule has 6 heteroatoms. The van der Waals surface area contributed by atoms with Gasteiger partial charge in [0.25, 0.3) is 5.76 Å². The third-order valence-electron chi connectivity index (χ3n) is 3.00. The second-order valence-corrected chi connectivity index (χ2v) is 6.49. The molecule has 0 radical (unpaired) electrons. The number of furan rings is 1. The van der Waals surface area contributed by atoms with Gasteiger partial charge in [-0.1, -0.05) is 39.8 Å². The Morgan fingerprint density at radius 2 is 2.00 bits per heavy atom. The van der Waals surface area contributed by atoms with Gasteiger partial charge in [-0.2, -0.15) is 8.78 Å². The summed E-state index contributed by atoms with van der Waals surface area (Å²) in [6.45, 7) is 2.63. The van der Waals surface area contributed by atoms with Crippen LogP contribution < -0.4 is 5.32 Å². The van der Waals surface area contributed by atoms with Crippen molar-refractivity contribution >= 4 is 27.7 Å². The van der Waals surface area contributed by atoms with Crippen LogP contribution in [0.2, 0.25) is 0 Å². The lowest BCUT2D eigenvalue weighted by Crippen LogP contribution is -2.17. The van der Waals surface area contributed by atoms with Gasteiger partial charge in [-0.05, 0) is 36.8 Å². The molecule has 1 heterocycles. The Labute approximate surface area is 135 Å². The summed E-state index contributed by atoms with van der Waals surface area (Å²) in [5.41, 5.74) is 1.17. The van der Waals surface area contributed by atoms with Gasteiger partial charge in [0.2, 0.25) is 0 Å². The van der Waals surface area contributed by atoms with Gasteiger partial charge >= 0.3 is 0 Å². The van der Waals surface area contributed by atoms with Crippen LogP contribution in [0.1, 0.15) is 30.0 Å². The maximum atomic E-state index is 12.1. The third-order valence-corrected chi connectivity index (χ3v) is 4.20. The molecule has 0 bridgehead atoms. The van der Waals surface area contributed by atoms with Gasteiger partial charge in [0, 0.05) is 10.5 Å². The molecule has 0 fully saturated rings. The molecule has 0 aliphatic rings. The molecule has 1 atom stereocenters. The first kappa shape index (κ1) is 16.5. The number of rotatable bonds is 7. The Morgan fingerprint density at radius 3 is 2.71 bits per heavy atom. The van der Waals surface area contributed by atoms with E-state index >= 15 is 0 Å². The fourth-order valence-corrected chi connectivity index (χ4v) is 2.75. The standard InChI is InChI=1S/C15H16BrF2NOS/c1-10(11-3-2-4-12(16)7-11)19-8-13-5-6-14(20-13)9-21-15(17)18/h2-7,10,15,19H,8-9H2,1H3/t10-/m0/s1. The summed E-state index contributed by atoms with van der Waals surface area (Å²) >= 11 is 4.02. The monoisotopic (exact) mass is 375 g/mol. The molecule has 21 heavy (non-hydrogen) atoms. The summed E-state index contributed by atoms with van der Waals surface area (Å²) < 4.78 is 30.8. The lowest BCUT2D eigenvalue weighted by Gasteiger charge is -2.13. The second kappa shape index (κ2) is 7.96. The molecular weight excluding hydrogens is 360 g/mol. The van der Waals surface area contributed by atoms with Crippen molar-refractivity contribution in [3.8, 4) is 0 Å². The van der Waals surface area contributed by atoms with Crippen LogP contribution in [-0.4, -0.2) is 5.76 Å². The maximum absolute atomic E-state index is 12.1. The molecule has 0 unspecified atom stereocenters. The molecule has 2 aromatic rings. The quantitative estimate of drug-likeness (QED) is 0.705. The van der Waals surface area contributed by atoms with Crippen molar-refractivity contribution < 1.29 is 13.2 Å². The Morgan fingerprint density at radius 1 is 1.24 bits per heavy atom. The number of nitrogens with one attached hydrogen (secondary N) is 1. The van der Waals surface area contributed by atoms with Crippen molar-refractivity contribution in [2.75, 3.05) is 0 Å². The molecule has 2 nitrogen and oxygen atoms in total. The lowest BCUT2D eigenvalue weighted by molar-refractivity contribution is 0.251. The number of hydrogen-bond acceptors (Lipinski definition) is 3. The lowest BCUT2D eigenvalue weighted by atomic mass is 10.1. The van der Waals surface area contributed by atoms with Crippen molar-refractivity contribution in [3.05, 3.63) is 58.0 Å². The molecule has 0 spiro atoms. The summed E-state index contributed by atoms with van der Waals surface area (Å²) in [5.74, 6) is -0.846. The average molecular weight is 376 g/mol. The average Bonchev–Trinajstić information content (AvgIpc) is 2.90. The molecule has 1 aromatic carbocycles. The zero-order valence-corrected chi connectivity index (χ0v) is 13.9. The predicted molar refractivity (Wildman–Crippen MR) is 85.4 cm³/mol. The van der Waals surface area contributed by atoms with Gasteiger partial charge in [-0.15, -0.1) is 0 Å². The largest absolute Gasteiger partial charge is 0.464 e. The highest BCUT2D eigenvalue weighted by Crippen LogP contribution is 2.22. The number of thioether (sulfide) groups is 1. The fourth-order valence-electron chi connectivity index (χ4n) is 1.89. The minimum absolute atomic E-state index is 0.173. The Hall–Kier alpha value is -0.850. The van der Waals surface area contributed by atoms with Crippen LogP contribution in [0.3, 0.4) is 0 Å². The van der Waals surface area contributed by atoms with E-state index in [1.807, 2.05) is 18.2 Å². The van der Waals surface area contributed by atoms with Crippen LogP contribution in [0.15, 0.2) is 45.3 Å². The van der Waals surface area contributed by atoms with Crippen LogP contribution in [0, 0.1) is 0 Å². The van der Waals surface area contributed by atoms with E-state index in [1.54, 1.807) is 6.07 Å². The molecule has 1 aromatic heterocycles. The Kier molecular flexibility index (Phi) is 6.26. The molecule has 0 saturated heterocycles.